The Kier molecular flexibility index (Phi) is 1.81. The first-order valence-corrected chi connectivity index (χ1v) is 3.52. The van der Waals surface area contributed by atoms with Gasteiger partial charge in [0, 0.05) is 0 Å². The lowest BCUT2D eigenvalue weighted by atomic mass is 10.2. The van der Waals surface area contributed by atoms with E-state index < -0.39 is 0 Å². The highest BCUT2D eigenvalue weighted by molar-refractivity contribution is 9.11. The SMILES string of the molecule is CC1NC(Br)=CC=C1O. The molecule has 0 spiro atoms. The minimum atomic E-state index is 0.0318. The van der Waals surface area contributed by atoms with Crippen LogP contribution in [-0.2, 0) is 0 Å². The third kappa shape index (κ3) is 1.48. The van der Waals surface area contributed by atoms with Gasteiger partial charge in [-0.05, 0) is 35.0 Å². The van der Waals surface area contributed by atoms with Gasteiger partial charge in [0.15, 0.2) is 0 Å². The molecule has 1 aliphatic heterocycles. The molecule has 50 valence electrons. The van der Waals surface area contributed by atoms with Gasteiger partial charge in [0.2, 0.25) is 0 Å². The summed E-state index contributed by atoms with van der Waals surface area (Å²) in [6, 6.07) is 0.0318. The summed E-state index contributed by atoms with van der Waals surface area (Å²) >= 11 is 3.25. The van der Waals surface area contributed by atoms with Gasteiger partial charge in [0.25, 0.3) is 0 Å². The number of hydrogen-bond donors (Lipinski definition) is 2. The van der Waals surface area contributed by atoms with Crippen LogP contribution in [0.1, 0.15) is 6.92 Å². The van der Waals surface area contributed by atoms with Crippen LogP contribution in [0, 0.1) is 0 Å². The van der Waals surface area contributed by atoms with Crippen molar-refractivity contribution in [1.82, 2.24) is 5.32 Å². The van der Waals surface area contributed by atoms with Gasteiger partial charge in [-0.2, -0.15) is 0 Å². The number of aliphatic hydroxyl groups is 1. The first-order chi connectivity index (χ1) is 4.20. The predicted octanol–water partition coefficient (Wildman–Crippen LogP) is 1.66. The van der Waals surface area contributed by atoms with Gasteiger partial charge in [-0.25, -0.2) is 0 Å². The molecule has 1 atom stereocenters. The van der Waals surface area contributed by atoms with E-state index in [2.05, 4.69) is 21.2 Å². The average molecular weight is 190 g/mol. The second-order valence-electron chi connectivity index (χ2n) is 1.97. The first-order valence-electron chi connectivity index (χ1n) is 2.73. The van der Waals surface area contributed by atoms with Crippen LogP contribution in [-0.4, -0.2) is 11.1 Å². The van der Waals surface area contributed by atoms with Gasteiger partial charge in [0.05, 0.1) is 10.6 Å². The van der Waals surface area contributed by atoms with Gasteiger partial charge in [0.1, 0.15) is 5.76 Å². The van der Waals surface area contributed by atoms with E-state index in [4.69, 9.17) is 5.11 Å². The molecule has 2 nitrogen and oxygen atoms in total. The summed E-state index contributed by atoms with van der Waals surface area (Å²) in [6.45, 7) is 1.89. The quantitative estimate of drug-likeness (QED) is 0.569. The zero-order chi connectivity index (χ0) is 6.85. The van der Waals surface area contributed by atoms with Crippen molar-refractivity contribution in [2.24, 2.45) is 0 Å². The van der Waals surface area contributed by atoms with E-state index in [9.17, 15) is 0 Å². The molecule has 2 N–H and O–H groups in total. The van der Waals surface area contributed by atoms with E-state index in [1.807, 2.05) is 6.92 Å². The lowest BCUT2D eigenvalue weighted by Gasteiger charge is -2.16. The topological polar surface area (TPSA) is 32.3 Å². The summed E-state index contributed by atoms with van der Waals surface area (Å²) in [7, 11) is 0. The van der Waals surface area contributed by atoms with E-state index in [0.29, 0.717) is 5.76 Å². The molecule has 0 bridgehead atoms. The smallest absolute Gasteiger partial charge is 0.114 e. The normalized spacial score (nSPS) is 26.2. The van der Waals surface area contributed by atoms with Crippen molar-refractivity contribution in [3.8, 4) is 0 Å². The van der Waals surface area contributed by atoms with E-state index in [-0.39, 0.29) is 6.04 Å². The fourth-order valence-corrected chi connectivity index (χ4v) is 1.11. The molecule has 9 heavy (non-hydrogen) atoms. The monoisotopic (exact) mass is 189 g/mol. The van der Waals surface area contributed by atoms with Gasteiger partial charge in [-0.3, -0.25) is 0 Å². The number of allylic oxidation sites excluding steroid dienone is 2. The number of nitrogens with one attached hydrogen (secondary N) is 1. The van der Waals surface area contributed by atoms with Crippen molar-refractivity contribution in [3.05, 3.63) is 22.5 Å². The van der Waals surface area contributed by atoms with Crippen LogP contribution in [0.2, 0.25) is 0 Å². The Balaban J connectivity index is 2.74. The summed E-state index contributed by atoms with van der Waals surface area (Å²) in [5, 5.41) is 12.0. The Morgan fingerprint density at radius 2 is 2.33 bits per heavy atom. The van der Waals surface area contributed by atoms with Crippen molar-refractivity contribution in [3.63, 3.8) is 0 Å². The number of aliphatic hydroxyl groups excluding tert-OH is 1. The number of rotatable bonds is 0. The number of dihydropyridines is 1. The Morgan fingerprint density at radius 1 is 1.67 bits per heavy atom. The molecular weight excluding hydrogens is 182 g/mol. The Hall–Kier alpha value is -0.440. The Morgan fingerprint density at radius 3 is 2.78 bits per heavy atom. The van der Waals surface area contributed by atoms with Gasteiger partial charge >= 0.3 is 0 Å². The molecule has 0 fully saturated rings. The average Bonchev–Trinajstić information content (AvgIpc) is 1.80. The highest BCUT2D eigenvalue weighted by atomic mass is 79.9. The molecule has 1 heterocycles. The van der Waals surface area contributed by atoms with Crippen molar-refractivity contribution in [2.45, 2.75) is 13.0 Å². The Labute approximate surface area is 62.4 Å². The third-order valence-corrected chi connectivity index (χ3v) is 1.69. The molecule has 1 rings (SSSR count). The summed E-state index contributed by atoms with van der Waals surface area (Å²) in [6.07, 6.45) is 3.45. The zero-order valence-electron chi connectivity index (χ0n) is 5.06. The van der Waals surface area contributed by atoms with Crippen LogP contribution in [0.3, 0.4) is 0 Å². The van der Waals surface area contributed by atoms with Crippen molar-refractivity contribution in [1.29, 1.82) is 0 Å². The molecule has 0 aliphatic carbocycles. The molecular formula is C6H8BrNO. The van der Waals surface area contributed by atoms with E-state index in [1.165, 1.54) is 0 Å². The van der Waals surface area contributed by atoms with Crippen LogP contribution >= 0.6 is 15.9 Å². The molecule has 0 aromatic heterocycles. The second-order valence-corrected chi connectivity index (χ2v) is 2.83. The molecule has 1 aliphatic rings. The zero-order valence-corrected chi connectivity index (χ0v) is 6.64. The number of halogens is 1. The summed E-state index contributed by atoms with van der Waals surface area (Å²) in [5.74, 6) is 0.373. The van der Waals surface area contributed by atoms with Crippen molar-refractivity contribution in [2.75, 3.05) is 0 Å². The molecule has 0 aromatic rings. The maximum atomic E-state index is 9.03. The summed E-state index contributed by atoms with van der Waals surface area (Å²) in [4.78, 5) is 0. The van der Waals surface area contributed by atoms with Crippen molar-refractivity contribution >= 4 is 15.9 Å². The van der Waals surface area contributed by atoms with Crippen LogP contribution in [0.15, 0.2) is 22.5 Å². The lowest BCUT2D eigenvalue weighted by Crippen LogP contribution is -2.27. The number of hydrogen-bond acceptors (Lipinski definition) is 2. The highest BCUT2D eigenvalue weighted by Crippen LogP contribution is 2.11. The fraction of sp³-hybridized carbons (Fsp3) is 0.333. The summed E-state index contributed by atoms with van der Waals surface area (Å²) < 4.78 is 0.910. The van der Waals surface area contributed by atoms with E-state index >= 15 is 0 Å². The molecule has 0 aromatic carbocycles. The van der Waals surface area contributed by atoms with Gasteiger partial charge in [-0.1, -0.05) is 0 Å². The maximum absolute atomic E-state index is 9.03. The van der Waals surface area contributed by atoms with Crippen LogP contribution in [0.4, 0.5) is 0 Å². The second kappa shape index (κ2) is 2.43. The van der Waals surface area contributed by atoms with Gasteiger partial charge < -0.3 is 10.4 Å². The van der Waals surface area contributed by atoms with E-state index in [0.717, 1.165) is 4.61 Å². The van der Waals surface area contributed by atoms with Crippen LogP contribution in [0.25, 0.3) is 0 Å². The van der Waals surface area contributed by atoms with Gasteiger partial charge in [-0.15, -0.1) is 0 Å². The minimum absolute atomic E-state index is 0.0318. The Bertz CT molecular complexity index is 174. The maximum Gasteiger partial charge on any atom is 0.114 e. The van der Waals surface area contributed by atoms with E-state index in [1.54, 1.807) is 12.2 Å². The van der Waals surface area contributed by atoms with Crippen LogP contribution < -0.4 is 5.32 Å². The van der Waals surface area contributed by atoms with Crippen molar-refractivity contribution < 1.29 is 5.11 Å². The highest BCUT2D eigenvalue weighted by Gasteiger charge is 2.09. The van der Waals surface area contributed by atoms with Crippen LogP contribution in [0.5, 0.6) is 0 Å². The fourth-order valence-electron chi connectivity index (χ4n) is 0.632. The molecule has 1 unspecified atom stereocenters. The molecule has 0 radical (unpaired) electrons. The summed E-state index contributed by atoms with van der Waals surface area (Å²) in [5.41, 5.74) is 0. The standard InChI is InChI=1S/C6H8BrNO/c1-4-5(9)2-3-6(7)8-4/h2-4,8-9H,1H3. The third-order valence-electron chi connectivity index (χ3n) is 1.20. The lowest BCUT2D eigenvalue weighted by molar-refractivity contribution is 0.357. The molecule has 3 heteroatoms. The minimum Gasteiger partial charge on any atom is -0.510 e. The first kappa shape index (κ1) is 6.68. The molecule has 0 saturated heterocycles. The largest absolute Gasteiger partial charge is 0.510 e. The molecule has 0 amide bonds. The molecule has 0 saturated carbocycles. The predicted molar refractivity (Wildman–Crippen MR) is 40.3 cm³/mol.